The largest absolute Gasteiger partial charge is 0.355 e. The second kappa shape index (κ2) is 7.85. The number of amides is 1. The van der Waals surface area contributed by atoms with Crippen molar-refractivity contribution in [3.63, 3.8) is 0 Å². The summed E-state index contributed by atoms with van der Waals surface area (Å²) in [5, 5.41) is 6.09. The van der Waals surface area contributed by atoms with Crippen LogP contribution in [0.2, 0.25) is 0 Å². The van der Waals surface area contributed by atoms with Gasteiger partial charge in [-0.1, -0.05) is 37.3 Å². The summed E-state index contributed by atoms with van der Waals surface area (Å²) in [6, 6.07) is 10.5. The first-order valence-electron chi connectivity index (χ1n) is 6.20. The van der Waals surface area contributed by atoms with E-state index in [-0.39, 0.29) is 5.91 Å². The molecule has 1 atom stereocenters. The molecule has 2 N–H and O–H groups in total. The summed E-state index contributed by atoms with van der Waals surface area (Å²) < 4.78 is 0. The Morgan fingerprint density at radius 3 is 2.53 bits per heavy atom. The Morgan fingerprint density at radius 1 is 1.18 bits per heavy atom. The third-order valence-corrected chi connectivity index (χ3v) is 2.80. The fraction of sp³-hybridized carbons (Fsp3) is 0.500. The van der Waals surface area contributed by atoms with Gasteiger partial charge in [-0.3, -0.25) is 4.79 Å². The fourth-order valence-corrected chi connectivity index (χ4v) is 1.72. The van der Waals surface area contributed by atoms with Gasteiger partial charge in [-0.2, -0.15) is 0 Å². The van der Waals surface area contributed by atoms with Gasteiger partial charge in [-0.25, -0.2) is 0 Å². The number of hydrogen-bond donors (Lipinski definition) is 2. The van der Waals surface area contributed by atoms with Crippen molar-refractivity contribution in [2.75, 3.05) is 19.6 Å². The van der Waals surface area contributed by atoms with Gasteiger partial charge in [0, 0.05) is 20.0 Å². The van der Waals surface area contributed by atoms with E-state index < -0.39 is 0 Å². The molecule has 1 aromatic rings. The average Bonchev–Trinajstić information content (AvgIpc) is 2.34. The van der Waals surface area contributed by atoms with E-state index in [4.69, 9.17) is 0 Å². The highest BCUT2D eigenvalue weighted by atomic mass is 16.1. The van der Waals surface area contributed by atoms with Gasteiger partial charge in [0.2, 0.25) is 5.91 Å². The van der Waals surface area contributed by atoms with Crippen molar-refractivity contribution in [3.8, 4) is 0 Å². The highest BCUT2D eigenvalue weighted by Gasteiger charge is 2.03. The Kier molecular flexibility index (Phi) is 6.33. The van der Waals surface area contributed by atoms with Gasteiger partial charge < -0.3 is 10.6 Å². The van der Waals surface area contributed by atoms with Crippen LogP contribution in [0.3, 0.4) is 0 Å². The summed E-state index contributed by atoms with van der Waals surface area (Å²) in [6.45, 7) is 6.30. The van der Waals surface area contributed by atoms with Crippen LogP contribution in [0.25, 0.3) is 0 Å². The van der Waals surface area contributed by atoms with E-state index in [9.17, 15) is 4.79 Å². The number of carbonyl (C=O) groups excluding carboxylic acids is 1. The van der Waals surface area contributed by atoms with Crippen LogP contribution in [0.5, 0.6) is 0 Å². The lowest BCUT2D eigenvalue weighted by atomic mass is 9.98. The third-order valence-electron chi connectivity index (χ3n) is 2.80. The number of benzene rings is 1. The molecule has 0 saturated carbocycles. The van der Waals surface area contributed by atoms with Crippen molar-refractivity contribution in [2.45, 2.75) is 26.2 Å². The first-order chi connectivity index (χ1) is 8.20. The molecule has 0 aromatic heterocycles. The molecule has 0 aliphatic rings. The third kappa shape index (κ3) is 6.07. The van der Waals surface area contributed by atoms with Crippen molar-refractivity contribution in [1.29, 1.82) is 0 Å². The maximum Gasteiger partial charge on any atom is 0.216 e. The number of nitrogens with one attached hydrogen (secondary N) is 2. The van der Waals surface area contributed by atoms with Crippen LogP contribution in [0.4, 0.5) is 0 Å². The Hall–Kier alpha value is -1.35. The molecule has 1 amide bonds. The van der Waals surface area contributed by atoms with Crippen LogP contribution < -0.4 is 10.6 Å². The van der Waals surface area contributed by atoms with E-state index in [0.717, 1.165) is 19.5 Å². The first-order valence-corrected chi connectivity index (χ1v) is 6.20. The maximum atomic E-state index is 10.6. The van der Waals surface area contributed by atoms with Crippen LogP contribution in [0.15, 0.2) is 30.3 Å². The van der Waals surface area contributed by atoms with E-state index in [1.807, 2.05) is 6.07 Å². The molecule has 3 heteroatoms. The van der Waals surface area contributed by atoms with Crippen molar-refractivity contribution in [3.05, 3.63) is 35.9 Å². The predicted molar refractivity (Wildman–Crippen MR) is 71.0 cm³/mol. The summed E-state index contributed by atoms with van der Waals surface area (Å²) in [7, 11) is 0. The molecule has 0 saturated heterocycles. The second-order valence-electron chi connectivity index (χ2n) is 4.33. The number of hydrogen-bond acceptors (Lipinski definition) is 2. The van der Waals surface area contributed by atoms with E-state index in [2.05, 4.69) is 41.8 Å². The highest BCUT2D eigenvalue weighted by Crippen LogP contribution is 2.17. The molecule has 0 radical (unpaired) electrons. The van der Waals surface area contributed by atoms with Gasteiger partial charge in [0.1, 0.15) is 0 Å². The van der Waals surface area contributed by atoms with Crippen molar-refractivity contribution in [1.82, 2.24) is 10.6 Å². The topological polar surface area (TPSA) is 41.1 Å². The van der Waals surface area contributed by atoms with Crippen LogP contribution in [0.1, 0.15) is 31.7 Å². The Labute approximate surface area is 104 Å². The summed E-state index contributed by atoms with van der Waals surface area (Å²) in [5.41, 5.74) is 1.39. The molecule has 3 nitrogen and oxygen atoms in total. The first kappa shape index (κ1) is 13.7. The van der Waals surface area contributed by atoms with Crippen LogP contribution in [0, 0.1) is 0 Å². The van der Waals surface area contributed by atoms with Crippen LogP contribution in [-0.4, -0.2) is 25.5 Å². The van der Waals surface area contributed by atoms with Gasteiger partial charge >= 0.3 is 0 Å². The molecule has 0 spiro atoms. The molecule has 0 heterocycles. The van der Waals surface area contributed by atoms with Gasteiger partial charge in [0.15, 0.2) is 0 Å². The lowest BCUT2D eigenvalue weighted by molar-refractivity contribution is -0.118. The molecule has 1 rings (SSSR count). The Morgan fingerprint density at radius 2 is 1.88 bits per heavy atom. The van der Waals surface area contributed by atoms with Gasteiger partial charge in [-0.15, -0.1) is 0 Å². The van der Waals surface area contributed by atoms with Crippen LogP contribution >= 0.6 is 0 Å². The minimum atomic E-state index is 0.0319. The average molecular weight is 234 g/mol. The van der Waals surface area contributed by atoms with E-state index >= 15 is 0 Å². The minimum absolute atomic E-state index is 0.0319. The second-order valence-corrected chi connectivity index (χ2v) is 4.33. The molecular formula is C14H22N2O. The zero-order valence-electron chi connectivity index (χ0n) is 10.7. The maximum absolute atomic E-state index is 10.6. The monoisotopic (exact) mass is 234 g/mol. The predicted octanol–water partition coefficient (Wildman–Crippen LogP) is 1.91. The van der Waals surface area contributed by atoms with E-state index in [1.54, 1.807) is 0 Å². The SMILES string of the molecule is CC(=O)NCCNCCC(C)c1ccccc1. The van der Waals surface area contributed by atoms with Gasteiger partial charge in [0.05, 0.1) is 0 Å². The molecule has 1 aromatic carbocycles. The minimum Gasteiger partial charge on any atom is -0.355 e. The van der Waals surface area contributed by atoms with Crippen molar-refractivity contribution in [2.24, 2.45) is 0 Å². The van der Waals surface area contributed by atoms with Crippen molar-refractivity contribution >= 4 is 5.91 Å². The zero-order chi connectivity index (χ0) is 12.5. The molecule has 1 unspecified atom stereocenters. The quantitative estimate of drug-likeness (QED) is 0.708. The van der Waals surface area contributed by atoms with Crippen molar-refractivity contribution < 1.29 is 4.79 Å². The summed E-state index contributed by atoms with van der Waals surface area (Å²) >= 11 is 0. The number of rotatable bonds is 7. The summed E-state index contributed by atoms with van der Waals surface area (Å²) in [6.07, 6.45) is 1.12. The standard InChI is InChI=1S/C14H22N2O/c1-12(14-6-4-3-5-7-14)8-9-15-10-11-16-13(2)17/h3-7,12,15H,8-11H2,1-2H3,(H,16,17). The molecule has 17 heavy (non-hydrogen) atoms. The lowest BCUT2D eigenvalue weighted by Crippen LogP contribution is -2.30. The molecule has 0 bridgehead atoms. The van der Waals surface area contributed by atoms with E-state index in [1.165, 1.54) is 12.5 Å². The Bertz CT molecular complexity index is 324. The fourth-order valence-electron chi connectivity index (χ4n) is 1.72. The Balaban J connectivity index is 2.09. The lowest BCUT2D eigenvalue weighted by Gasteiger charge is -2.12. The van der Waals surface area contributed by atoms with E-state index in [0.29, 0.717) is 12.5 Å². The molecule has 0 aliphatic heterocycles. The van der Waals surface area contributed by atoms with Gasteiger partial charge in [0.25, 0.3) is 0 Å². The summed E-state index contributed by atoms with van der Waals surface area (Å²) in [5.74, 6) is 0.605. The molecule has 0 fully saturated rings. The van der Waals surface area contributed by atoms with Gasteiger partial charge in [-0.05, 0) is 24.4 Å². The smallest absolute Gasteiger partial charge is 0.216 e. The molecule has 0 aliphatic carbocycles. The van der Waals surface area contributed by atoms with Crippen LogP contribution in [-0.2, 0) is 4.79 Å². The molecule has 94 valence electrons. The molecular weight excluding hydrogens is 212 g/mol. The number of carbonyl (C=O) groups is 1. The zero-order valence-corrected chi connectivity index (χ0v) is 10.7. The highest BCUT2D eigenvalue weighted by molar-refractivity contribution is 5.72. The summed E-state index contributed by atoms with van der Waals surface area (Å²) in [4.78, 5) is 10.6. The normalized spacial score (nSPS) is 12.1.